The van der Waals surface area contributed by atoms with Gasteiger partial charge in [-0.25, -0.2) is 4.79 Å². The minimum atomic E-state index is -0.627. The predicted octanol–water partition coefficient (Wildman–Crippen LogP) is 2.40. The van der Waals surface area contributed by atoms with Gasteiger partial charge in [-0.2, -0.15) is 0 Å². The number of ether oxygens (including phenoxy) is 1. The number of hydrogen-bond donors (Lipinski definition) is 1. The number of nitro groups is 1. The van der Waals surface area contributed by atoms with Crippen LogP contribution in [0.25, 0.3) is 0 Å². The van der Waals surface area contributed by atoms with Gasteiger partial charge in [0.25, 0.3) is 0 Å². The highest BCUT2D eigenvalue weighted by Crippen LogP contribution is 2.40. The van der Waals surface area contributed by atoms with Crippen molar-refractivity contribution in [2.75, 3.05) is 12.4 Å². The molecule has 138 valence electrons. The van der Waals surface area contributed by atoms with Crippen molar-refractivity contribution in [2.45, 2.75) is 32.7 Å². The van der Waals surface area contributed by atoms with Crippen LogP contribution in [0.2, 0.25) is 0 Å². The van der Waals surface area contributed by atoms with Gasteiger partial charge in [-0.05, 0) is 40.7 Å². The molecule has 0 spiro atoms. The molecule has 0 aliphatic heterocycles. The molecule has 0 fully saturated rings. The molecule has 1 N–H and O–H groups in total. The maximum Gasteiger partial charge on any atom is 0.381 e. The molecule has 3 rings (SSSR count). The first-order valence-corrected chi connectivity index (χ1v) is 8.89. The van der Waals surface area contributed by atoms with Crippen molar-refractivity contribution in [1.29, 1.82) is 0 Å². The number of rotatable bonds is 5. The van der Waals surface area contributed by atoms with Crippen molar-refractivity contribution >= 4 is 34.0 Å². The van der Waals surface area contributed by atoms with E-state index in [4.69, 9.17) is 4.74 Å². The Labute approximate surface area is 153 Å². The van der Waals surface area contributed by atoms with E-state index in [0.29, 0.717) is 16.5 Å². The van der Waals surface area contributed by atoms with E-state index in [1.54, 1.807) is 0 Å². The summed E-state index contributed by atoms with van der Waals surface area (Å²) in [5.41, 5.74) is 1.37. The van der Waals surface area contributed by atoms with Gasteiger partial charge in [0, 0.05) is 4.88 Å². The van der Waals surface area contributed by atoms with Crippen molar-refractivity contribution < 1.29 is 19.2 Å². The average Bonchev–Trinajstić information content (AvgIpc) is 3.18. The topological polar surface area (TPSA) is 116 Å². The predicted molar refractivity (Wildman–Crippen MR) is 94.4 cm³/mol. The van der Waals surface area contributed by atoms with E-state index < -0.39 is 16.8 Å². The van der Waals surface area contributed by atoms with Gasteiger partial charge >= 0.3 is 11.8 Å². The Balaban J connectivity index is 1.80. The largest absolute Gasteiger partial charge is 0.465 e. The summed E-state index contributed by atoms with van der Waals surface area (Å²) in [7, 11) is 1.31. The lowest BCUT2D eigenvalue weighted by molar-refractivity contribution is -0.389. The Morgan fingerprint density at radius 2 is 2.31 bits per heavy atom. The van der Waals surface area contributed by atoms with Gasteiger partial charge in [0.1, 0.15) is 17.7 Å². The number of thiophene rings is 1. The summed E-state index contributed by atoms with van der Waals surface area (Å²) >= 11 is 1.39. The number of carbonyl (C=O) groups excluding carboxylic acids is 2. The molecule has 0 radical (unpaired) electrons. The Hall–Kier alpha value is -2.75. The summed E-state index contributed by atoms with van der Waals surface area (Å²) in [4.78, 5) is 39.3. The third-order valence-corrected chi connectivity index (χ3v) is 5.46. The van der Waals surface area contributed by atoms with E-state index in [1.807, 2.05) is 0 Å². The fraction of sp³-hybridized carbons (Fsp3) is 0.438. The van der Waals surface area contributed by atoms with E-state index in [2.05, 4.69) is 17.2 Å². The number of anilines is 1. The molecule has 10 heteroatoms. The zero-order chi connectivity index (χ0) is 18.8. The third kappa shape index (κ3) is 3.59. The number of nitrogens with one attached hydrogen (secondary N) is 1. The van der Waals surface area contributed by atoms with Gasteiger partial charge < -0.3 is 24.7 Å². The molecular formula is C16H18N4O5S. The highest BCUT2D eigenvalue weighted by atomic mass is 32.1. The SMILES string of the molecule is COC(=O)c1c(NC(=O)Cn2cnc([N+](=O)[O-])c2)sc2c1CCC(C)C2. The summed E-state index contributed by atoms with van der Waals surface area (Å²) in [5.74, 6) is -0.657. The Bertz CT molecular complexity index is 872. The van der Waals surface area contributed by atoms with Gasteiger partial charge in [-0.3, -0.25) is 4.79 Å². The molecule has 1 aliphatic carbocycles. The van der Waals surface area contributed by atoms with Crippen LogP contribution in [0, 0.1) is 16.0 Å². The van der Waals surface area contributed by atoms with Crippen molar-refractivity contribution in [3.63, 3.8) is 0 Å². The number of esters is 1. The first-order valence-electron chi connectivity index (χ1n) is 8.08. The number of amides is 1. The zero-order valence-corrected chi connectivity index (χ0v) is 15.2. The van der Waals surface area contributed by atoms with Gasteiger partial charge in [0.05, 0.1) is 12.7 Å². The number of methoxy groups -OCH3 is 1. The third-order valence-electron chi connectivity index (χ3n) is 4.29. The quantitative estimate of drug-likeness (QED) is 0.485. The lowest BCUT2D eigenvalue weighted by Crippen LogP contribution is -2.19. The molecule has 2 aromatic heterocycles. The Morgan fingerprint density at radius 3 is 2.96 bits per heavy atom. The van der Waals surface area contributed by atoms with Crippen LogP contribution < -0.4 is 5.32 Å². The number of nitrogens with zero attached hydrogens (tertiary/aromatic N) is 3. The monoisotopic (exact) mass is 378 g/mol. The second-order valence-electron chi connectivity index (χ2n) is 6.26. The minimum absolute atomic E-state index is 0.138. The number of fused-ring (bicyclic) bond motifs is 1. The number of aromatic nitrogens is 2. The average molecular weight is 378 g/mol. The van der Waals surface area contributed by atoms with Crippen molar-refractivity contribution in [3.8, 4) is 0 Å². The van der Waals surface area contributed by atoms with Crippen LogP contribution >= 0.6 is 11.3 Å². The molecule has 0 bridgehead atoms. The summed E-state index contributed by atoms with van der Waals surface area (Å²) in [6.45, 7) is 2.02. The first kappa shape index (κ1) is 18.1. The molecule has 0 saturated heterocycles. The normalized spacial score (nSPS) is 16.0. The summed E-state index contributed by atoms with van der Waals surface area (Å²) in [6.07, 6.45) is 5.04. The molecule has 9 nitrogen and oxygen atoms in total. The smallest absolute Gasteiger partial charge is 0.381 e. The van der Waals surface area contributed by atoms with Crippen LogP contribution in [0.3, 0.4) is 0 Å². The van der Waals surface area contributed by atoms with Crippen LogP contribution in [-0.4, -0.2) is 33.5 Å². The number of carbonyl (C=O) groups is 2. The van der Waals surface area contributed by atoms with Crippen LogP contribution in [0.5, 0.6) is 0 Å². The number of imidazole rings is 1. The second-order valence-corrected chi connectivity index (χ2v) is 7.36. The number of hydrogen-bond acceptors (Lipinski definition) is 7. The van der Waals surface area contributed by atoms with Crippen molar-refractivity contribution in [1.82, 2.24) is 9.55 Å². The van der Waals surface area contributed by atoms with Crippen molar-refractivity contribution in [2.24, 2.45) is 5.92 Å². The maximum atomic E-state index is 12.3. The molecule has 1 atom stereocenters. The van der Waals surface area contributed by atoms with E-state index >= 15 is 0 Å². The van der Waals surface area contributed by atoms with E-state index in [0.717, 1.165) is 29.7 Å². The molecule has 26 heavy (non-hydrogen) atoms. The minimum Gasteiger partial charge on any atom is -0.465 e. The first-order chi connectivity index (χ1) is 12.4. The lowest BCUT2D eigenvalue weighted by Gasteiger charge is -2.18. The molecule has 1 aliphatic rings. The summed E-state index contributed by atoms with van der Waals surface area (Å²) in [5, 5.41) is 13.9. The van der Waals surface area contributed by atoms with Crippen LogP contribution in [0.1, 0.15) is 34.1 Å². The fourth-order valence-electron chi connectivity index (χ4n) is 3.02. The molecule has 0 aromatic carbocycles. The lowest BCUT2D eigenvalue weighted by atomic mass is 9.88. The zero-order valence-electron chi connectivity index (χ0n) is 14.4. The molecule has 2 heterocycles. The van der Waals surface area contributed by atoms with E-state index in [9.17, 15) is 19.7 Å². The van der Waals surface area contributed by atoms with Gasteiger partial charge in [0.15, 0.2) is 0 Å². The Morgan fingerprint density at radius 1 is 1.54 bits per heavy atom. The van der Waals surface area contributed by atoms with Crippen LogP contribution in [0.15, 0.2) is 12.5 Å². The molecule has 1 unspecified atom stereocenters. The molecular weight excluding hydrogens is 360 g/mol. The Kier molecular flexibility index (Phi) is 5.03. The van der Waals surface area contributed by atoms with E-state index in [-0.39, 0.29) is 12.4 Å². The molecule has 2 aromatic rings. The molecule has 0 saturated carbocycles. The van der Waals surface area contributed by atoms with Crippen molar-refractivity contribution in [3.05, 3.63) is 38.6 Å². The highest BCUT2D eigenvalue weighted by Gasteiger charge is 2.29. The van der Waals surface area contributed by atoms with E-state index in [1.165, 1.54) is 35.5 Å². The summed E-state index contributed by atoms with van der Waals surface area (Å²) in [6, 6.07) is 0. The van der Waals surface area contributed by atoms with Crippen LogP contribution in [0.4, 0.5) is 10.8 Å². The molecule has 1 amide bonds. The summed E-state index contributed by atoms with van der Waals surface area (Å²) < 4.78 is 6.20. The van der Waals surface area contributed by atoms with Gasteiger partial charge in [0.2, 0.25) is 12.2 Å². The highest BCUT2D eigenvalue weighted by molar-refractivity contribution is 7.17. The fourth-order valence-corrected chi connectivity index (χ4v) is 4.43. The maximum absolute atomic E-state index is 12.3. The van der Waals surface area contributed by atoms with Gasteiger partial charge in [-0.1, -0.05) is 6.92 Å². The van der Waals surface area contributed by atoms with Gasteiger partial charge in [-0.15, -0.1) is 11.3 Å². The standard InChI is InChI=1S/C16H18N4O5S/c1-9-3-4-10-11(5-9)26-15(14(10)16(22)25-2)18-13(21)7-19-6-12(17-8-19)20(23)24/h6,8-9H,3-5,7H2,1-2H3,(H,18,21). The second kappa shape index (κ2) is 7.24. The van der Waals surface area contributed by atoms with Crippen LogP contribution in [-0.2, 0) is 28.9 Å².